The lowest BCUT2D eigenvalue weighted by Gasteiger charge is -2.12. The smallest absolute Gasteiger partial charge is 0.387 e. The molecule has 0 aromatic carbocycles. The van der Waals surface area contributed by atoms with Crippen LogP contribution in [0.2, 0.25) is 5.15 Å². The molecule has 0 amide bonds. The summed E-state index contributed by atoms with van der Waals surface area (Å²) in [5.74, 6) is -0.247. The van der Waals surface area contributed by atoms with Gasteiger partial charge in [0, 0.05) is 11.8 Å². The summed E-state index contributed by atoms with van der Waals surface area (Å²) < 4.78 is 36.8. The molecule has 15 heavy (non-hydrogen) atoms. The number of aromatic nitrogens is 1. The summed E-state index contributed by atoms with van der Waals surface area (Å²) in [7, 11) is 0. The quantitative estimate of drug-likeness (QED) is 0.654. The molecule has 1 aromatic rings. The van der Waals surface area contributed by atoms with E-state index in [0.717, 1.165) is 6.07 Å². The van der Waals surface area contributed by atoms with E-state index in [-0.39, 0.29) is 16.6 Å². The Bertz CT molecular complexity index is 356. The maximum Gasteiger partial charge on any atom is 0.417 e. The summed E-state index contributed by atoms with van der Waals surface area (Å²) in [6, 6.07) is 0.738. The van der Waals surface area contributed by atoms with Gasteiger partial charge in [0.1, 0.15) is 5.15 Å². The number of hydrogen-bond acceptors (Lipinski definition) is 2. The van der Waals surface area contributed by atoms with Gasteiger partial charge in [-0.05, 0) is 6.07 Å². The Morgan fingerprint density at radius 2 is 2.07 bits per heavy atom. The number of aliphatic hydroxyl groups is 1. The zero-order valence-corrected chi connectivity index (χ0v) is 8.74. The van der Waals surface area contributed by atoms with Crippen molar-refractivity contribution in [2.75, 3.05) is 5.88 Å². The molecule has 1 unspecified atom stereocenters. The van der Waals surface area contributed by atoms with Gasteiger partial charge in [-0.2, -0.15) is 13.2 Å². The molecule has 1 N–H and O–H groups in total. The van der Waals surface area contributed by atoms with Crippen LogP contribution < -0.4 is 0 Å². The Labute approximate surface area is 93.6 Å². The van der Waals surface area contributed by atoms with Gasteiger partial charge in [0.25, 0.3) is 0 Å². The molecule has 0 aliphatic rings. The molecule has 1 atom stereocenters. The fourth-order valence-electron chi connectivity index (χ4n) is 0.937. The van der Waals surface area contributed by atoms with E-state index >= 15 is 0 Å². The molecule has 1 heterocycles. The average molecular weight is 260 g/mol. The van der Waals surface area contributed by atoms with Crippen LogP contribution in [0, 0.1) is 0 Å². The molecule has 7 heteroatoms. The molecular formula is C8H6Cl2F3NO. The van der Waals surface area contributed by atoms with Crippen molar-refractivity contribution >= 4 is 23.2 Å². The van der Waals surface area contributed by atoms with Crippen LogP contribution in [0.5, 0.6) is 0 Å². The van der Waals surface area contributed by atoms with Gasteiger partial charge in [-0.1, -0.05) is 11.6 Å². The third-order valence-electron chi connectivity index (χ3n) is 1.70. The number of aliphatic hydroxyl groups excluding tert-OH is 1. The summed E-state index contributed by atoms with van der Waals surface area (Å²) in [5.41, 5.74) is -1.09. The normalized spacial score (nSPS) is 14.0. The van der Waals surface area contributed by atoms with Crippen LogP contribution in [0.25, 0.3) is 0 Å². The van der Waals surface area contributed by atoms with Crippen molar-refractivity contribution in [2.24, 2.45) is 0 Å². The van der Waals surface area contributed by atoms with E-state index in [4.69, 9.17) is 23.2 Å². The number of hydrogen-bond donors (Lipinski definition) is 1. The van der Waals surface area contributed by atoms with Gasteiger partial charge >= 0.3 is 6.18 Å². The number of halogens is 5. The minimum Gasteiger partial charge on any atom is -0.387 e. The third-order valence-corrected chi connectivity index (χ3v) is 2.31. The lowest BCUT2D eigenvalue weighted by molar-refractivity contribution is -0.137. The van der Waals surface area contributed by atoms with Gasteiger partial charge in [-0.3, -0.25) is 0 Å². The second kappa shape index (κ2) is 4.55. The first-order valence-corrected chi connectivity index (χ1v) is 4.74. The zero-order valence-electron chi connectivity index (χ0n) is 7.22. The fraction of sp³-hybridized carbons (Fsp3) is 0.375. The van der Waals surface area contributed by atoms with E-state index in [1.807, 2.05) is 0 Å². The summed E-state index contributed by atoms with van der Waals surface area (Å²) in [6.07, 6.45) is -5.17. The van der Waals surface area contributed by atoms with E-state index in [2.05, 4.69) is 4.98 Å². The first-order valence-electron chi connectivity index (χ1n) is 3.83. The van der Waals surface area contributed by atoms with Crippen LogP contribution in [0.1, 0.15) is 17.2 Å². The fourth-order valence-corrected chi connectivity index (χ4v) is 1.33. The minimum absolute atomic E-state index is 0.124. The largest absolute Gasteiger partial charge is 0.417 e. The maximum atomic E-state index is 12.3. The van der Waals surface area contributed by atoms with Gasteiger partial charge < -0.3 is 5.11 Å². The third kappa shape index (κ3) is 2.96. The van der Waals surface area contributed by atoms with Crippen molar-refractivity contribution in [2.45, 2.75) is 12.3 Å². The molecule has 0 saturated carbocycles. The number of rotatable bonds is 2. The Kier molecular flexibility index (Phi) is 3.81. The molecule has 0 aliphatic carbocycles. The van der Waals surface area contributed by atoms with Gasteiger partial charge in [-0.25, -0.2) is 4.98 Å². The van der Waals surface area contributed by atoms with Crippen molar-refractivity contribution in [3.8, 4) is 0 Å². The summed E-state index contributed by atoms with van der Waals surface area (Å²) in [6.45, 7) is 0. The molecule has 0 saturated heterocycles. The number of pyridine rings is 1. The average Bonchev–Trinajstić information content (AvgIpc) is 2.15. The van der Waals surface area contributed by atoms with Crippen LogP contribution in [-0.4, -0.2) is 16.0 Å². The SMILES string of the molecule is OC(CCl)c1cc(C(F)(F)F)cnc1Cl. The molecule has 0 fully saturated rings. The van der Waals surface area contributed by atoms with Gasteiger partial charge in [0.2, 0.25) is 0 Å². The molecule has 84 valence electrons. The number of nitrogens with zero attached hydrogens (tertiary/aromatic N) is 1. The van der Waals surface area contributed by atoms with Crippen LogP contribution in [0.4, 0.5) is 13.2 Å². The van der Waals surface area contributed by atoms with Gasteiger partial charge in [-0.15, -0.1) is 11.6 Å². The Hall–Kier alpha value is -0.520. The van der Waals surface area contributed by atoms with Gasteiger partial charge in [0.15, 0.2) is 0 Å². The topological polar surface area (TPSA) is 33.1 Å². The second-order valence-corrected chi connectivity index (χ2v) is 3.44. The molecule has 0 radical (unpaired) electrons. The highest BCUT2D eigenvalue weighted by Crippen LogP contribution is 2.32. The summed E-state index contributed by atoms with van der Waals surface area (Å²) in [5, 5.41) is 9.09. The Morgan fingerprint density at radius 3 is 2.53 bits per heavy atom. The predicted molar refractivity (Wildman–Crippen MR) is 49.9 cm³/mol. The molecule has 0 bridgehead atoms. The second-order valence-electron chi connectivity index (χ2n) is 2.77. The zero-order chi connectivity index (χ0) is 11.6. The highest BCUT2D eigenvalue weighted by atomic mass is 35.5. The summed E-state index contributed by atoms with van der Waals surface area (Å²) >= 11 is 10.8. The van der Waals surface area contributed by atoms with E-state index in [1.54, 1.807) is 0 Å². The summed E-state index contributed by atoms with van der Waals surface area (Å²) in [4.78, 5) is 3.34. The lowest BCUT2D eigenvalue weighted by Crippen LogP contribution is -2.09. The van der Waals surface area contributed by atoms with Crippen molar-refractivity contribution in [1.82, 2.24) is 4.98 Å². The van der Waals surface area contributed by atoms with Crippen LogP contribution in [-0.2, 0) is 6.18 Å². The Balaban J connectivity index is 3.17. The highest BCUT2D eigenvalue weighted by molar-refractivity contribution is 6.30. The Morgan fingerprint density at radius 1 is 1.47 bits per heavy atom. The highest BCUT2D eigenvalue weighted by Gasteiger charge is 2.32. The van der Waals surface area contributed by atoms with E-state index < -0.39 is 17.8 Å². The monoisotopic (exact) mass is 259 g/mol. The lowest BCUT2D eigenvalue weighted by atomic mass is 10.1. The molecular weight excluding hydrogens is 254 g/mol. The predicted octanol–water partition coefficient (Wildman–Crippen LogP) is 3.03. The molecule has 2 nitrogen and oxygen atoms in total. The van der Waals surface area contributed by atoms with Crippen molar-refractivity contribution in [3.05, 3.63) is 28.5 Å². The first kappa shape index (κ1) is 12.5. The number of alkyl halides is 4. The van der Waals surface area contributed by atoms with Crippen molar-refractivity contribution in [1.29, 1.82) is 0 Å². The van der Waals surface area contributed by atoms with Crippen LogP contribution in [0.3, 0.4) is 0 Å². The van der Waals surface area contributed by atoms with Gasteiger partial charge in [0.05, 0.1) is 17.5 Å². The minimum atomic E-state index is -4.52. The van der Waals surface area contributed by atoms with E-state index in [9.17, 15) is 18.3 Å². The molecule has 0 aliphatic heterocycles. The first-order chi connectivity index (χ1) is 6.86. The molecule has 0 spiro atoms. The molecule has 1 rings (SSSR count). The van der Waals surface area contributed by atoms with E-state index in [0.29, 0.717) is 6.20 Å². The van der Waals surface area contributed by atoms with Crippen molar-refractivity contribution in [3.63, 3.8) is 0 Å². The van der Waals surface area contributed by atoms with Crippen molar-refractivity contribution < 1.29 is 18.3 Å². The van der Waals surface area contributed by atoms with E-state index in [1.165, 1.54) is 0 Å². The van der Waals surface area contributed by atoms with Crippen LogP contribution in [0.15, 0.2) is 12.3 Å². The molecule has 1 aromatic heterocycles. The van der Waals surface area contributed by atoms with Crippen LogP contribution >= 0.6 is 23.2 Å². The standard InChI is InChI=1S/C8H6Cl2F3NO/c9-2-6(15)5-1-4(8(11,12)13)3-14-7(5)10/h1,3,6,15H,2H2. The maximum absolute atomic E-state index is 12.3.